The van der Waals surface area contributed by atoms with Crippen LogP contribution in [-0.4, -0.2) is 13.1 Å². The standard InChI is InChI=1S/C10H16O2/c1-4-5-10(9(11)12-3)6-8(2)7-10/h4,8H,1,5-7H2,2-3H3. The Morgan fingerprint density at radius 3 is 2.67 bits per heavy atom. The molecule has 68 valence electrons. The van der Waals surface area contributed by atoms with Crippen molar-refractivity contribution in [1.29, 1.82) is 0 Å². The van der Waals surface area contributed by atoms with Crippen molar-refractivity contribution in [3.63, 3.8) is 0 Å². The van der Waals surface area contributed by atoms with E-state index in [1.165, 1.54) is 7.11 Å². The lowest BCUT2D eigenvalue weighted by atomic mass is 9.61. The van der Waals surface area contributed by atoms with E-state index in [1.54, 1.807) is 0 Å². The third-order valence-electron chi connectivity index (χ3n) is 2.63. The maximum absolute atomic E-state index is 11.4. The number of carbonyl (C=O) groups excluding carboxylic acids is 1. The first-order chi connectivity index (χ1) is 5.64. The van der Waals surface area contributed by atoms with Gasteiger partial charge in [-0.05, 0) is 25.2 Å². The first kappa shape index (κ1) is 9.30. The molecule has 0 aliphatic heterocycles. The van der Waals surface area contributed by atoms with E-state index in [0.29, 0.717) is 5.92 Å². The van der Waals surface area contributed by atoms with Crippen LogP contribution in [0.4, 0.5) is 0 Å². The predicted molar refractivity (Wildman–Crippen MR) is 47.7 cm³/mol. The lowest BCUT2D eigenvalue weighted by Crippen LogP contribution is -2.43. The lowest BCUT2D eigenvalue weighted by molar-refractivity contribution is -0.161. The molecule has 2 heteroatoms. The molecule has 0 aromatic carbocycles. The van der Waals surface area contributed by atoms with Gasteiger partial charge in [-0.1, -0.05) is 13.0 Å². The van der Waals surface area contributed by atoms with Crippen molar-refractivity contribution in [2.24, 2.45) is 11.3 Å². The van der Waals surface area contributed by atoms with Crippen molar-refractivity contribution < 1.29 is 9.53 Å². The summed E-state index contributed by atoms with van der Waals surface area (Å²) < 4.78 is 4.77. The maximum atomic E-state index is 11.4. The molecule has 1 aliphatic carbocycles. The van der Waals surface area contributed by atoms with Crippen molar-refractivity contribution in [2.75, 3.05) is 7.11 Å². The summed E-state index contributed by atoms with van der Waals surface area (Å²) in [5.74, 6) is 0.588. The molecule has 0 radical (unpaired) electrons. The summed E-state index contributed by atoms with van der Waals surface area (Å²) in [6.07, 6.45) is 4.46. The second kappa shape index (κ2) is 3.30. The SMILES string of the molecule is C=CCC1(C(=O)OC)CC(C)C1. The predicted octanol–water partition coefficient (Wildman–Crippen LogP) is 2.15. The van der Waals surface area contributed by atoms with Gasteiger partial charge in [-0.25, -0.2) is 0 Å². The van der Waals surface area contributed by atoms with E-state index < -0.39 is 0 Å². The van der Waals surface area contributed by atoms with Crippen molar-refractivity contribution in [1.82, 2.24) is 0 Å². The van der Waals surface area contributed by atoms with Crippen molar-refractivity contribution >= 4 is 5.97 Å². The molecular formula is C10H16O2. The van der Waals surface area contributed by atoms with Crippen molar-refractivity contribution in [3.8, 4) is 0 Å². The molecule has 0 atom stereocenters. The van der Waals surface area contributed by atoms with E-state index in [0.717, 1.165) is 19.3 Å². The van der Waals surface area contributed by atoms with Crippen LogP contribution in [0.25, 0.3) is 0 Å². The third kappa shape index (κ3) is 1.38. The molecule has 0 unspecified atom stereocenters. The van der Waals surface area contributed by atoms with Crippen LogP contribution in [0.1, 0.15) is 26.2 Å². The van der Waals surface area contributed by atoms with E-state index in [1.807, 2.05) is 6.08 Å². The molecule has 12 heavy (non-hydrogen) atoms. The summed E-state index contributed by atoms with van der Waals surface area (Å²) in [7, 11) is 1.45. The van der Waals surface area contributed by atoms with Gasteiger partial charge in [0.2, 0.25) is 0 Å². The molecule has 0 saturated heterocycles. The zero-order valence-electron chi connectivity index (χ0n) is 7.80. The van der Waals surface area contributed by atoms with E-state index >= 15 is 0 Å². The summed E-state index contributed by atoms with van der Waals surface area (Å²) in [5, 5.41) is 0. The monoisotopic (exact) mass is 168 g/mol. The Balaban J connectivity index is 2.62. The molecule has 1 aliphatic rings. The fourth-order valence-electron chi connectivity index (χ4n) is 2.18. The van der Waals surface area contributed by atoms with Crippen LogP contribution in [0.2, 0.25) is 0 Å². The zero-order valence-corrected chi connectivity index (χ0v) is 7.80. The molecule has 1 saturated carbocycles. The highest BCUT2D eigenvalue weighted by Crippen LogP contribution is 2.49. The quantitative estimate of drug-likeness (QED) is 0.477. The van der Waals surface area contributed by atoms with Gasteiger partial charge in [-0.3, -0.25) is 4.79 Å². The number of ether oxygens (including phenoxy) is 1. The highest BCUT2D eigenvalue weighted by atomic mass is 16.5. The summed E-state index contributed by atoms with van der Waals surface area (Å²) in [4.78, 5) is 11.4. The number of carbonyl (C=O) groups is 1. The maximum Gasteiger partial charge on any atom is 0.312 e. The highest BCUT2D eigenvalue weighted by Gasteiger charge is 2.48. The molecule has 0 bridgehead atoms. The van der Waals surface area contributed by atoms with Gasteiger partial charge in [0.25, 0.3) is 0 Å². The Morgan fingerprint density at radius 1 is 1.75 bits per heavy atom. The second-order valence-electron chi connectivity index (χ2n) is 3.78. The fourth-order valence-corrected chi connectivity index (χ4v) is 2.18. The Kier molecular flexibility index (Phi) is 2.55. The van der Waals surface area contributed by atoms with Gasteiger partial charge in [0.1, 0.15) is 0 Å². The molecule has 0 N–H and O–H groups in total. The molecule has 2 nitrogen and oxygen atoms in total. The molecule has 0 amide bonds. The van der Waals surface area contributed by atoms with Gasteiger partial charge >= 0.3 is 5.97 Å². The Morgan fingerprint density at radius 2 is 2.33 bits per heavy atom. The average Bonchev–Trinajstić information content (AvgIpc) is 2.00. The molecule has 1 fully saturated rings. The number of esters is 1. The van der Waals surface area contributed by atoms with Gasteiger partial charge in [-0.2, -0.15) is 0 Å². The van der Waals surface area contributed by atoms with Crippen LogP contribution in [0.5, 0.6) is 0 Å². The van der Waals surface area contributed by atoms with Gasteiger partial charge in [-0.15, -0.1) is 6.58 Å². The minimum absolute atomic E-state index is 0.0690. The van der Waals surface area contributed by atoms with E-state index in [9.17, 15) is 4.79 Å². The van der Waals surface area contributed by atoms with Gasteiger partial charge in [0.05, 0.1) is 12.5 Å². The fraction of sp³-hybridized carbons (Fsp3) is 0.700. The van der Waals surface area contributed by atoms with Crippen molar-refractivity contribution in [3.05, 3.63) is 12.7 Å². The Labute approximate surface area is 73.6 Å². The summed E-state index contributed by atoms with van der Waals surface area (Å²) in [6, 6.07) is 0. The van der Waals surface area contributed by atoms with E-state index in [2.05, 4.69) is 13.5 Å². The normalized spacial score (nSPS) is 33.7. The van der Waals surface area contributed by atoms with Crippen LogP contribution in [0.15, 0.2) is 12.7 Å². The smallest absolute Gasteiger partial charge is 0.312 e. The minimum atomic E-state index is -0.226. The Hall–Kier alpha value is -0.790. The summed E-state index contributed by atoms with van der Waals surface area (Å²) >= 11 is 0. The van der Waals surface area contributed by atoms with Gasteiger partial charge < -0.3 is 4.74 Å². The van der Waals surface area contributed by atoms with Crippen LogP contribution in [-0.2, 0) is 9.53 Å². The van der Waals surface area contributed by atoms with Crippen LogP contribution >= 0.6 is 0 Å². The first-order valence-corrected chi connectivity index (χ1v) is 4.34. The largest absolute Gasteiger partial charge is 0.469 e. The number of allylic oxidation sites excluding steroid dienone is 1. The third-order valence-corrected chi connectivity index (χ3v) is 2.63. The van der Waals surface area contributed by atoms with Gasteiger partial charge in [0.15, 0.2) is 0 Å². The summed E-state index contributed by atoms with van der Waals surface area (Å²) in [6.45, 7) is 5.82. The molecular weight excluding hydrogens is 152 g/mol. The van der Waals surface area contributed by atoms with E-state index in [4.69, 9.17) is 4.74 Å². The lowest BCUT2D eigenvalue weighted by Gasteiger charge is -2.43. The summed E-state index contributed by atoms with van der Waals surface area (Å²) in [5.41, 5.74) is -0.226. The average molecular weight is 168 g/mol. The number of methoxy groups -OCH3 is 1. The topological polar surface area (TPSA) is 26.3 Å². The minimum Gasteiger partial charge on any atom is -0.469 e. The second-order valence-corrected chi connectivity index (χ2v) is 3.78. The van der Waals surface area contributed by atoms with Crippen LogP contribution in [0, 0.1) is 11.3 Å². The molecule has 0 spiro atoms. The molecule has 0 aromatic rings. The van der Waals surface area contributed by atoms with Crippen LogP contribution < -0.4 is 0 Å². The van der Waals surface area contributed by atoms with Gasteiger partial charge in [0, 0.05) is 0 Å². The van der Waals surface area contributed by atoms with Crippen LogP contribution in [0.3, 0.4) is 0 Å². The molecule has 0 heterocycles. The van der Waals surface area contributed by atoms with Crippen molar-refractivity contribution in [2.45, 2.75) is 26.2 Å². The number of rotatable bonds is 3. The number of hydrogen-bond donors (Lipinski definition) is 0. The number of hydrogen-bond acceptors (Lipinski definition) is 2. The molecule has 1 rings (SSSR count). The van der Waals surface area contributed by atoms with E-state index in [-0.39, 0.29) is 11.4 Å². The molecule has 0 aromatic heterocycles. The highest BCUT2D eigenvalue weighted by molar-refractivity contribution is 5.78. The first-order valence-electron chi connectivity index (χ1n) is 4.34. The Bertz CT molecular complexity index is 190. The zero-order chi connectivity index (χ0) is 9.19.